The fourth-order valence-electron chi connectivity index (χ4n) is 3.51. The number of piperidine rings is 1. The first-order chi connectivity index (χ1) is 12.4. The maximum absolute atomic E-state index is 12.9. The number of rotatable bonds is 4. The molecule has 3 N–H and O–H groups in total. The van der Waals surface area contributed by atoms with Crippen LogP contribution in [0.3, 0.4) is 0 Å². The van der Waals surface area contributed by atoms with Crippen molar-refractivity contribution in [2.45, 2.75) is 30.2 Å². The van der Waals surface area contributed by atoms with E-state index in [0.29, 0.717) is 18.0 Å². The first-order valence-corrected chi connectivity index (χ1v) is 11.4. The fourth-order valence-corrected chi connectivity index (χ4v) is 4.34. The highest BCUT2D eigenvalue weighted by molar-refractivity contribution is 8.28. The third-order valence-electron chi connectivity index (χ3n) is 5.10. The number of amides is 1. The summed E-state index contributed by atoms with van der Waals surface area (Å²) in [5, 5.41) is 0. The first-order valence-electron chi connectivity index (χ1n) is 9.02. The molecule has 0 radical (unpaired) electrons. The monoisotopic (exact) mass is 372 g/mol. The van der Waals surface area contributed by atoms with Gasteiger partial charge in [-0.05, 0) is 60.6 Å². The van der Waals surface area contributed by atoms with Crippen molar-refractivity contribution in [3.05, 3.63) is 65.2 Å². The molecule has 0 atom stereocenters. The van der Waals surface area contributed by atoms with Gasteiger partial charge in [0.25, 0.3) is 5.91 Å². The standard InChI is InChI=1S/C21H28N2O2S/c1-26(2,25)20-8-4-7-19(14-20)21(24)23-11-9-17(10-12-23)18-6-3-5-16(13-18)15-22/h3-8,13-14,17,25H,9-12,15,22H2,1-2H3. The third kappa shape index (κ3) is 4.29. The summed E-state index contributed by atoms with van der Waals surface area (Å²) in [5.41, 5.74) is 8.90. The van der Waals surface area contributed by atoms with Gasteiger partial charge in [0.1, 0.15) is 0 Å². The fraction of sp³-hybridized carbons (Fsp3) is 0.381. The van der Waals surface area contributed by atoms with E-state index in [9.17, 15) is 9.35 Å². The van der Waals surface area contributed by atoms with E-state index in [0.717, 1.165) is 36.4 Å². The van der Waals surface area contributed by atoms with E-state index in [1.165, 1.54) is 5.56 Å². The Morgan fingerprint density at radius 1 is 1.15 bits per heavy atom. The van der Waals surface area contributed by atoms with Crippen molar-refractivity contribution in [1.29, 1.82) is 0 Å². The van der Waals surface area contributed by atoms with Crippen LogP contribution in [0.15, 0.2) is 53.4 Å². The SMILES string of the molecule is CS(C)(O)c1cccc(C(=O)N2CCC(c3cccc(CN)c3)CC2)c1. The molecule has 1 aliphatic heterocycles. The molecular weight excluding hydrogens is 344 g/mol. The van der Waals surface area contributed by atoms with Gasteiger partial charge >= 0.3 is 0 Å². The highest BCUT2D eigenvalue weighted by atomic mass is 32.3. The topological polar surface area (TPSA) is 66.6 Å². The third-order valence-corrected chi connectivity index (χ3v) is 6.51. The molecule has 5 heteroatoms. The lowest BCUT2D eigenvalue weighted by atomic mass is 9.88. The van der Waals surface area contributed by atoms with E-state index < -0.39 is 10.3 Å². The molecule has 1 fully saturated rings. The Balaban J connectivity index is 1.67. The summed E-state index contributed by atoms with van der Waals surface area (Å²) in [6.45, 7) is 2.08. The minimum Gasteiger partial charge on any atom is -0.348 e. The van der Waals surface area contributed by atoms with Gasteiger partial charge in [0.2, 0.25) is 0 Å². The maximum atomic E-state index is 12.9. The van der Waals surface area contributed by atoms with Crippen molar-refractivity contribution in [3.63, 3.8) is 0 Å². The van der Waals surface area contributed by atoms with Crippen LogP contribution >= 0.6 is 10.3 Å². The summed E-state index contributed by atoms with van der Waals surface area (Å²) >= 11 is 0. The van der Waals surface area contributed by atoms with Gasteiger partial charge in [-0.1, -0.05) is 30.3 Å². The summed E-state index contributed by atoms with van der Waals surface area (Å²) in [7, 11) is -1.82. The molecule has 3 rings (SSSR count). The Hall–Kier alpha value is -1.82. The van der Waals surface area contributed by atoms with Gasteiger partial charge in [0.05, 0.1) is 0 Å². The molecule has 0 saturated carbocycles. The van der Waals surface area contributed by atoms with E-state index in [1.807, 2.05) is 41.7 Å². The number of benzene rings is 2. The molecule has 0 bridgehead atoms. The smallest absolute Gasteiger partial charge is 0.253 e. The second-order valence-electron chi connectivity index (χ2n) is 7.32. The summed E-state index contributed by atoms with van der Waals surface area (Å²) in [5.74, 6) is 0.544. The molecule has 2 aromatic rings. The van der Waals surface area contributed by atoms with Crippen LogP contribution in [0.5, 0.6) is 0 Å². The Labute approximate surface area is 157 Å². The number of nitrogens with zero attached hydrogens (tertiary/aromatic N) is 1. The summed E-state index contributed by atoms with van der Waals surface area (Å²) < 4.78 is 10.3. The molecule has 1 saturated heterocycles. The van der Waals surface area contributed by atoms with Crippen LogP contribution in [0.4, 0.5) is 0 Å². The van der Waals surface area contributed by atoms with Crippen LogP contribution in [0, 0.1) is 0 Å². The van der Waals surface area contributed by atoms with Crippen LogP contribution in [-0.4, -0.2) is 41.0 Å². The highest BCUT2D eigenvalue weighted by Crippen LogP contribution is 2.44. The summed E-state index contributed by atoms with van der Waals surface area (Å²) in [6, 6.07) is 15.9. The lowest BCUT2D eigenvalue weighted by Gasteiger charge is -2.33. The van der Waals surface area contributed by atoms with E-state index in [2.05, 4.69) is 24.3 Å². The van der Waals surface area contributed by atoms with E-state index >= 15 is 0 Å². The number of hydrogen-bond donors (Lipinski definition) is 2. The van der Waals surface area contributed by atoms with Crippen molar-refractivity contribution in [2.24, 2.45) is 5.73 Å². The van der Waals surface area contributed by atoms with E-state index in [1.54, 1.807) is 0 Å². The van der Waals surface area contributed by atoms with Gasteiger partial charge in [0, 0.05) is 30.1 Å². The zero-order chi connectivity index (χ0) is 18.7. The molecule has 0 aromatic heterocycles. The van der Waals surface area contributed by atoms with E-state index in [-0.39, 0.29) is 5.91 Å². The zero-order valence-electron chi connectivity index (χ0n) is 15.5. The number of carbonyl (C=O) groups is 1. The van der Waals surface area contributed by atoms with Crippen LogP contribution in [0.25, 0.3) is 0 Å². The van der Waals surface area contributed by atoms with Gasteiger partial charge in [-0.15, -0.1) is 10.3 Å². The normalized spacial score (nSPS) is 16.5. The molecule has 1 amide bonds. The lowest BCUT2D eigenvalue weighted by Crippen LogP contribution is -2.38. The van der Waals surface area contributed by atoms with Crippen molar-refractivity contribution < 1.29 is 9.35 Å². The van der Waals surface area contributed by atoms with Gasteiger partial charge < -0.3 is 15.2 Å². The number of carbonyl (C=O) groups excluding carboxylic acids is 1. The zero-order valence-corrected chi connectivity index (χ0v) is 16.3. The molecule has 140 valence electrons. The Bertz CT molecular complexity index is 778. The van der Waals surface area contributed by atoms with Gasteiger partial charge in [-0.2, -0.15) is 0 Å². The average molecular weight is 373 g/mol. The molecule has 2 aromatic carbocycles. The Morgan fingerprint density at radius 3 is 2.50 bits per heavy atom. The average Bonchev–Trinajstić information content (AvgIpc) is 2.67. The van der Waals surface area contributed by atoms with Gasteiger partial charge in [-0.3, -0.25) is 4.79 Å². The number of nitrogens with two attached hydrogens (primary N) is 1. The minimum atomic E-state index is -1.82. The molecule has 4 nitrogen and oxygen atoms in total. The van der Waals surface area contributed by atoms with Crippen LogP contribution in [-0.2, 0) is 6.54 Å². The van der Waals surface area contributed by atoms with Crippen LogP contribution in [0.1, 0.15) is 40.2 Å². The molecule has 1 heterocycles. The van der Waals surface area contributed by atoms with Crippen LogP contribution in [0.2, 0.25) is 0 Å². The molecular formula is C21H28N2O2S. The predicted octanol–water partition coefficient (Wildman–Crippen LogP) is 4.06. The lowest BCUT2D eigenvalue weighted by molar-refractivity contribution is 0.0712. The van der Waals surface area contributed by atoms with Crippen molar-refractivity contribution in [1.82, 2.24) is 4.90 Å². The summed E-state index contributed by atoms with van der Waals surface area (Å²) in [6.07, 6.45) is 5.57. The predicted molar refractivity (Wildman–Crippen MR) is 109 cm³/mol. The second-order valence-corrected chi connectivity index (χ2v) is 10.3. The maximum Gasteiger partial charge on any atom is 0.253 e. The highest BCUT2D eigenvalue weighted by Gasteiger charge is 2.25. The second kappa shape index (κ2) is 7.82. The van der Waals surface area contributed by atoms with Gasteiger partial charge in [0.15, 0.2) is 0 Å². The van der Waals surface area contributed by atoms with Crippen molar-refractivity contribution in [3.8, 4) is 0 Å². The van der Waals surface area contributed by atoms with Crippen LogP contribution < -0.4 is 5.73 Å². The molecule has 0 unspecified atom stereocenters. The molecule has 0 aliphatic carbocycles. The molecule has 1 aliphatic rings. The molecule has 26 heavy (non-hydrogen) atoms. The van der Waals surface area contributed by atoms with E-state index in [4.69, 9.17) is 5.73 Å². The molecule has 0 spiro atoms. The first kappa shape index (κ1) is 19.0. The number of likely N-dealkylation sites (tertiary alicyclic amines) is 1. The Morgan fingerprint density at radius 2 is 1.85 bits per heavy atom. The summed E-state index contributed by atoms with van der Waals surface area (Å²) in [4.78, 5) is 15.6. The Kier molecular flexibility index (Phi) is 5.70. The van der Waals surface area contributed by atoms with Crippen molar-refractivity contribution >= 4 is 16.2 Å². The van der Waals surface area contributed by atoms with Gasteiger partial charge in [-0.25, -0.2) is 0 Å². The quantitative estimate of drug-likeness (QED) is 0.850. The number of hydrogen-bond acceptors (Lipinski definition) is 3. The van der Waals surface area contributed by atoms with Crippen molar-refractivity contribution in [2.75, 3.05) is 25.6 Å². The largest absolute Gasteiger partial charge is 0.348 e. The minimum absolute atomic E-state index is 0.0599.